The summed E-state index contributed by atoms with van der Waals surface area (Å²) in [6.45, 7) is 7.74. The van der Waals surface area contributed by atoms with E-state index in [-0.39, 0.29) is 29.1 Å². The number of nitrogens with one attached hydrogen (secondary N) is 1. The van der Waals surface area contributed by atoms with Crippen molar-refractivity contribution in [3.63, 3.8) is 0 Å². The van der Waals surface area contributed by atoms with Gasteiger partial charge in [-0.05, 0) is 111 Å². The molecule has 2 aromatic heterocycles. The van der Waals surface area contributed by atoms with Crippen LogP contribution in [0.15, 0.2) is 113 Å². The average Bonchev–Trinajstić information content (AvgIpc) is 3.64. The van der Waals surface area contributed by atoms with E-state index in [4.69, 9.17) is 25.3 Å². The second-order valence-corrected chi connectivity index (χ2v) is 17.3. The van der Waals surface area contributed by atoms with E-state index in [9.17, 15) is 21.2 Å². The van der Waals surface area contributed by atoms with Crippen molar-refractivity contribution in [1.82, 2.24) is 14.9 Å². The normalized spacial score (nSPS) is 12.3. The molecule has 2 N–H and O–H groups in total. The second kappa shape index (κ2) is 18.9. The SMILES string of the molecule is CCCN(CCC)[C@@H](CS(C)(=O)=O)c1ccc(-c2ccc3ncnc(Nc4ccc(OCc5cccc(F)c5)c(Cl)c4)c3c2)o1.Cc1ccc(S(=O)(=O)O)cc1. The summed E-state index contributed by atoms with van der Waals surface area (Å²) in [7, 11) is -7.27. The Labute approximate surface area is 332 Å². The third-order valence-corrected chi connectivity index (χ3v) is 10.7. The minimum atomic E-state index is -4.02. The number of furan rings is 1. The van der Waals surface area contributed by atoms with Crippen molar-refractivity contribution in [2.45, 2.75) is 51.2 Å². The molecule has 0 saturated carbocycles. The molecule has 0 bridgehead atoms. The number of aromatic nitrogens is 2. The molecule has 0 amide bonds. The fraction of sp³-hybridized carbons (Fsp3) is 0.268. The Morgan fingerprint density at radius 1 is 0.911 bits per heavy atom. The number of hydrogen-bond acceptors (Lipinski definition) is 10. The highest BCUT2D eigenvalue weighted by atomic mass is 35.5. The molecule has 6 rings (SSSR count). The minimum Gasteiger partial charge on any atom is -0.487 e. The van der Waals surface area contributed by atoms with Crippen LogP contribution in [0.5, 0.6) is 5.75 Å². The van der Waals surface area contributed by atoms with Crippen LogP contribution in [0.1, 0.15) is 49.6 Å². The molecule has 296 valence electrons. The molecule has 15 heteroatoms. The van der Waals surface area contributed by atoms with Gasteiger partial charge in [0.15, 0.2) is 0 Å². The van der Waals surface area contributed by atoms with Crippen molar-refractivity contribution < 1.29 is 34.9 Å². The highest BCUT2D eigenvalue weighted by Gasteiger charge is 2.27. The van der Waals surface area contributed by atoms with Crippen molar-refractivity contribution in [3.8, 4) is 17.1 Å². The number of fused-ring (bicyclic) bond motifs is 1. The fourth-order valence-electron chi connectivity index (χ4n) is 5.98. The Balaban J connectivity index is 0.000000470. The van der Waals surface area contributed by atoms with Crippen LogP contribution in [0.3, 0.4) is 0 Å². The number of ether oxygens (including phenoxy) is 1. The zero-order valence-corrected chi connectivity index (χ0v) is 33.8. The van der Waals surface area contributed by atoms with Crippen LogP contribution in [0.25, 0.3) is 22.2 Å². The lowest BCUT2D eigenvalue weighted by atomic mass is 10.1. The molecule has 0 radical (unpaired) electrons. The van der Waals surface area contributed by atoms with Crippen molar-refractivity contribution in [2.75, 3.05) is 30.4 Å². The maximum atomic E-state index is 13.5. The van der Waals surface area contributed by atoms with E-state index in [1.165, 1.54) is 36.8 Å². The summed E-state index contributed by atoms with van der Waals surface area (Å²) in [4.78, 5) is 11.0. The Morgan fingerprint density at radius 3 is 2.29 bits per heavy atom. The molecular weight excluding hydrogens is 779 g/mol. The predicted octanol–water partition coefficient (Wildman–Crippen LogP) is 9.45. The fourth-order valence-corrected chi connectivity index (χ4v) is 7.64. The van der Waals surface area contributed by atoms with Gasteiger partial charge in [-0.25, -0.2) is 22.8 Å². The molecular formula is C41H44ClFN4O7S2. The maximum absolute atomic E-state index is 13.5. The number of nitrogens with zero attached hydrogens (tertiary/aromatic N) is 3. The van der Waals surface area contributed by atoms with Crippen LogP contribution in [-0.4, -0.2) is 61.4 Å². The van der Waals surface area contributed by atoms with Gasteiger partial charge < -0.3 is 14.5 Å². The van der Waals surface area contributed by atoms with Crippen molar-refractivity contribution >= 4 is 54.0 Å². The Morgan fingerprint density at radius 2 is 1.64 bits per heavy atom. The molecule has 0 aliphatic rings. The first-order valence-electron chi connectivity index (χ1n) is 17.9. The zero-order valence-electron chi connectivity index (χ0n) is 31.4. The molecule has 56 heavy (non-hydrogen) atoms. The molecule has 2 heterocycles. The zero-order chi connectivity index (χ0) is 40.5. The summed E-state index contributed by atoms with van der Waals surface area (Å²) in [5, 5.41) is 4.48. The van der Waals surface area contributed by atoms with Crippen LogP contribution >= 0.6 is 11.6 Å². The summed E-state index contributed by atoms with van der Waals surface area (Å²) in [5.74, 6) is 1.95. The Hall–Kier alpha value is -4.86. The molecule has 0 aliphatic heterocycles. The molecule has 11 nitrogen and oxygen atoms in total. The molecule has 6 aromatic rings. The van der Waals surface area contributed by atoms with E-state index in [1.807, 2.05) is 43.3 Å². The summed E-state index contributed by atoms with van der Waals surface area (Å²) >= 11 is 6.52. The number of benzene rings is 4. The third-order valence-electron chi connectivity index (χ3n) is 8.59. The van der Waals surface area contributed by atoms with E-state index >= 15 is 0 Å². The molecule has 0 fully saturated rings. The summed E-state index contributed by atoms with van der Waals surface area (Å²) < 4.78 is 79.9. The first-order valence-corrected chi connectivity index (χ1v) is 21.8. The van der Waals surface area contributed by atoms with Gasteiger partial charge in [0.2, 0.25) is 0 Å². The van der Waals surface area contributed by atoms with Gasteiger partial charge in [-0.15, -0.1) is 0 Å². The van der Waals surface area contributed by atoms with Gasteiger partial charge in [0.1, 0.15) is 51.7 Å². The van der Waals surface area contributed by atoms with Gasteiger partial charge in [0.25, 0.3) is 10.1 Å². The molecule has 1 atom stereocenters. The van der Waals surface area contributed by atoms with Gasteiger partial charge in [0, 0.05) is 22.9 Å². The third kappa shape index (κ3) is 11.8. The summed E-state index contributed by atoms with van der Waals surface area (Å²) in [5.41, 5.74) is 3.89. The van der Waals surface area contributed by atoms with E-state index < -0.39 is 20.0 Å². The van der Waals surface area contributed by atoms with Crippen molar-refractivity contribution in [1.29, 1.82) is 0 Å². The Kier molecular flexibility index (Phi) is 14.2. The van der Waals surface area contributed by atoms with E-state index in [1.54, 1.807) is 36.4 Å². The lowest BCUT2D eigenvalue weighted by Crippen LogP contribution is -2.34. The smallest absolute Gasteiger partial charge is 0.294 e. The number of rotatable bonds is 15. The molecule has 0 aliphatic carbocycles. The number of anilines is 2. The van der Waals surface area contributed by atoms with Crippen LogP contribution < -0.4 is 10.1 Å². The summed E-state index contributed by atoms with van der Waals surface area (Å²) in [6, 6.07) is 26.6. The lowest BCUT2D eigenvalue weighted by Gasteiger charge is -2.29. The predicted molar refractivity (Wildman–Crippen MR) is 218 cm³/mol. The number of aryl methyl sites for hydroxylation is 1. The molecule has 0 spiro atoms. The van der Waals surface area contributed by atoms with E-state index in [2.05, 4.69) is 34.0 Å². The Bertz CT molecular complexity index is 2470. The summed E-state index contributed by atoms with van der Waals surface area (Å²) in [6.07, 6.45) is 4.56. The lowest BCUT2D eigenvalue weighted by molar-refractivity contribution is 0.191. The van der Waals surface area contributed by atoms with Crippen LogP contribution in [0, 0.1) is 12.7 Å². The van der Waals surface area contributed by atoms with Gasteiger partial charge in [-0.3, -0.25) is 9.45 Å². The quantitative estimate of drug-likeness (QED) is 0.0953. The van der Waals surface area contributed by atoms with Crippen molar-refractivity contribution in [2.24, 2.45) is 0 Å². The first kappa shape index (κ1) is 42.3. The van der Waals surface area contributed by atoms with Gasteiger partial charge in [-0.2, -0.15) is 8.42 Å². The molecule has 0 unspecified atom stereocenters. The highest BCUT2D eigenvalue weighted by Crippen LogP contribution is 2.34. The molecule has 4 aromatic carbocycles. The topological polar surface area (TPSA) is 152 Å². The average molecular weight is 823 g/mol. The standard InChI is InChI=1S/C34H36ClFN4O4S.C7H8O3S/c1-4-15-40(16-5-2)30(21-45(3,41)42)33-14-13-31(44-33)24-9-11-29-27(18-24)34(38-22-37-29)39-26-10-12-32(28(35)19-26)43-20-23-7-6-8-25(36)17-23;1-6-2-4-7(5-3-6)11(8,9)10/h6-14,17-19,22,30H,4-5,15-16,20-21H2,1-3H3,(H,37,38,39);2-5H,1H3,(H,8,9,10)/t30-;/m0./s1. The number of hydrogen-bond donors (Lipinski definition) is 2. The van der Waals surface area contributed by atoms with E-state index in [0.717, 1.165) is 48.0 Å². The first-order chi connectivity index (χ1) is 26.6. The van der Waals surface area contributed by atoms with Crippen molar-refractivity contribution in [3.05, 3.63) is 131 Å². The van der Waals surface area contributed by atoms with Crippen LogP contribution in [0.2, 0.25) is 5.02 Å². The molecule has 0 saturated heterocycles. The minimum absolute atomic E-state index is 0.0171. The maximum Gasteiger partial charge on any atom is 0.294 e. The van der Waals surface area contributed by atoms with E-state index in [0.29, 0.717) is 39.4 Å². The van der Waals surface area contributed by atoms with Crippen LogP contribution in [-0.2, 0) is 26.6 Å². The number of halogens is 2. The second-order valence-electron chi connectivity index (χ2n) is 13.3. The van der Waals surface area contributed by atoms with Gasteiger partial charge in [0.05, 0.1) is 27.2 Å². The van der Waals surface area contributed by atoms with Gasteiger partial charge >= 0.3 is 0 Å². The van der Waals surface area contributed by atoms with Crippen LogP contribution in [0.4, 0.5) is 15.9 Å². The monoisotopic (exact) mass is 822 g/mol. The van der Waals surface area contributed by atoms with Gasteiger partial charge in [-0.1, -0.05) is 55.3 Å². The highest BCUT2D eigenvalue weighted by molar-refractivity contribution is 7.90. The largest absolute Gasteiger partial charge is 0.487 e. The number of sulfone groups is 1.